The number of benzene rings is 4. The summed E-state index contributed by atoms with van der Waals surface area (Å²) < 4.78 is 30.8. The van der Waals surface area contributed by atoms with Crippen molar-refractivity contribution in [1.82, 2.24) is 5.32 Å². The van der Waals surface area contributed by atoms with E-state index >= 15 is 0 Å². The number of carbonyl (C=O) groups is 2. The lowest BCUT2D eigenvalue weighted by molar-refractivity contribution is -0.117. The number of anilines is 1. The van der Waals surface area contributed by atoms with Crippen LogP contribution in [0.2, 0.25) is 5.02 Å². The maximum Gasteiger partial charge on any atom is 0.266 e. The van der Waals surface area contributed by atoms with Crippen molar-refractivity contribution in [2.45, 2.75) is 44.9 Å². The molecule has 0 aliphatic heterocycles. The van der Waals surface area contributed by atoms with E-state index < -0.39 is 27.7 Å². The third-order valence-corrected chi connectivity index (χ3v) is 9.20. The van der Waals surface area contributed by atoms with Crippen LogP contribution in [0.15, 0.2) is 97.1 Å². The maximum absolute atomic E-state index is 13.9. The fourth-order valence-electron chi connectivity index (χ4n) is 5.73. The van der Waals surface area contributed by atoms with E-state index in [2.05, 4.69) is 28.8 Å². The molecule has 7 nitrogen and oxygen atoms in total. The summed E-state index contributed by atoms with van der Waals surface area (Å²) in [5.41, 5.74) is 8.48. The minimum absolute atomic E-state index is 0.146. The predicted molar refractivity (Wildman–Crippen MR) is 185 cm³/mol. The Bertz CT molecular complexity index is 1830. The Kier molecular flexibility index (Phi) is 10.7. The van der Waals surface area contributed by atoms with Gasteiger partial charge in [0.15, 0.2) is 0 Å². The molecule has 9 heteroatoms. The quantitative estimate of drug-likeness (QED) is 0.142. The van der Waals surface area contributed by atoms with E-state index in [0.717, 1.165) is 40.7 Å². The van der Waals surface area contributed by atoms with Crippen molar-refractivity contribution in [3.63, 3.8) is 0 Å². The van der Waals surface area contributed by atoms with Crippen LogP contribution in [0, 0.1) is 6.92 Å². The Morgan fingerprint density at radius 3 is 2.22 bits per heavy atom. The lowest BCUT2D eigenvalue weighted by atomic mass is 9.88. The van der Waals surface area contributed by atoms with E-state index in [0.29, 0.717) is 22.7 Å². The van der Waals surface area contributed by atoms with E-state index in [1.165, 1.54) is 24.0 Å². The van der Waals surface area contributed by atoms with Crippen LogP contribution in [-0.4, -0.2) is 37.1 Å². The molecule has 0 fully saturated rings. The molecular weight excluding hydrogens is 620 g/mol. The van der Waals surface area contributed by atoms with Crippen molar-refractivity contribution in [3.05, 3.63) is 130 Å². The van der Waals surface area contributed by atoms with E-state index in [-0.39, 0.29) is 12.5 Å². The van der Waals surface area contributed by atoms with Gasteiger partial charge in [0.1, 0.15) is 0 Å². The monoisotopic (exact) mass is 656 g/mol. The smallest absolute Gasteiger partial charge is 0.266 e. The zero-order chi connectivity index (χ0) is 32.7. The van der Waals surface area contributed by atoms with E-state index in [4.69, 9.17) is 16.2 Å². The molecule has 1 atom stereocenters. The average molecular weight is 657 g/mol. The summed E-state index contributed by atoms with van der Waals surface area (Å²) in [6.07, 6.45) is 7.26. The van der Waals surface area contributed by atoms with Gasteiger partial charge < -0.3 is 10.6 Å². The van der Waals surface area contributed by atoms with Crippen LogP contribution in [0.1, 0.15) is 64.2 Å². The second kappa shape index (κ2) is 14.9. The molecule has 4 aromatic carbocycles. The number of halogens is 1. The van der Waals surface area contributed by atoms with Gasteiger partial charge in [-0.1, -0.05) is 72.3 Å². The summed E-state index contributed by atoms with van der Waals surface area (Å²) in [7, 11) is -4.17. The number of carbonyl (C=O) groups excluding carboxylic acids is 2. The van der Waals surface area contributed by atoms with Crippen molar-refractivity contribution in [3.8, 4) is 11.1 Å². The number of hydrogen-bond donors (Lipinski definition) is 3. The van der Waals surface area contributed by atoms with Gasteiger partial charge in [-0.05, 0) is 114 Å². The van der Waals surface area contributed by atoms with Crippen molar-refractivity contribution in [2.24, 2.45) is 0 Å². The third-order valence-electron chi connectivity index (χ3n) is 8.24. The number of nitrogens with one attached hydrogen (secondary N) is 2. The Balaban J connectivity index is 1.34. The van der Waals surface area contributed by atoms with Crippen LogP contribution < -0.4 is 10.6 Å². The molecule has 0 spiro atoms. The Hall–Kier alpha value is -4.24. The number of rotatable bonds is 11. The normalized spacial score (nSPS) is 13.8. The number of aryl methyl sites for hydroxylation is 1. The first kappa shape index (κ1) is 33.1. The third kappa shape index (κ3) is 8.94. The van der Waals surface area contributed by atoms with Crippen LogP contribution in [0.4, 0.5) is 5.69 Å². The standard InChI is InChI=1S/C37H37ClN2O5S/c1-25-23-32(38)17-20-34(25)29-15-18-33(19-16-29)40-37(42)35(30-13-11-28(12-14-30)27-5-3-2-4-6-27)24-26-7-9-31(10-8-26)36(41)39-21-22-46(43,44)45/h5,7-20,23,35H,2-4,6,21-22,24H2,1H3,(H,39,41)(H,40,42)(H,43,44,45)/t35-/m0/s1. The van der Waals surface area contributed by atoms with Gasteiger partial charge in [-0.2, -0.15) is 8.42 Å². The highest BCUT2D eigenvalue weighted by Crippen LogP contribution is 2.31. The second-order valence-electron chi connectivity index (χ2n) is 11.6. The molecule has 1 aliphatic rings. The molecule has 1 aliphatic carbocycles. The molecule has 0 saturated heterocycles. The fraction of sp³-hybridized carbons (Fsp3) is 0.243. The van der Waals surface area contributed by atoms with Gasteiger partial charge in [0.25, 0.3) is 16.0 Å². The summed E-state index contributed by atoms with van der Waals surface area (Å²) in [5, 5.41) is 6.28. The Labute approximate surface area is 275 Å². The Morgan fingerprint density at radius 1 is 0.891 bits per heavy atom. The first-order valence-corrected chi connectivity index (χ1v) is 17.3. The summed E-state index contributed by atoms with van der Waals surface area (Å²) in [5.74, 6) is -1.66. The molecule has 0 bridgehead atoms. The molecule has 0 radical (unpaired) electrons. The summed E-state index contributed by atoms with van der Waals surface area (Å²) in [6.45, 7) is 1.81. The second-order valence-corrected chi connectivity index (χ2v) is 13.6. The van der Waals surface area contributed by atoms with Crippen LogP contribution in [0.3, 0.4) is 0 Å². The molecule has 46 heavy (non-hydrogen) atoms. The van der Waals surface area contributed by atoms with Crippen molar-refractivity contribution >= 4 is 44.8 Å². The Morgan fingerprint density at radius 2 is 1.59 bits per heavy atom. The highest BCUT2D eigenvalue weighted by molar-refractivity contribution is 7.85. The molecule has 238 valence electrons. The minimum atomic E-state index is -4.17. The summed E-state index contributed by atoms with van der Waals surface area (Å²) in [4.78, 5) is 26.3. The van der Waals surface area contributed by atoms with Gasteiger partial charge >= 0.3 is 0 Å². The summed E-state index contributed by atoms with van der Waals surface area (Å²) >= 11 is 6.13. The lowest BCUT2D eigenvalue weighted by Gasteiger charge is -2.19. The zero-order valence-electron chi connectivity index (χ0n) is 25.6. The zero-order valence-corrected chi connectivity index (χ0v) is 27.2. The molecule has 3 N–H and O–H groups in total. The van der Waals surface area contributed by atoms with E-state index in [1.807, 2.05) is 61.5 Å². The van der Waals surface area contributed by atoms with Gasteiger partial charge in [0.05, 0.1) is 11.7 Å². The lowest BCUT2D eigenvalue weighted by Crippen LogP contribution is -2.28. The molecule has 0 heterocycles. The highest BCUT2D eigenvalue weighted by Gasteiger charge is 2.22. The topological polar surface area (TPSA) is 113 Å². The molecule has 2 amide bonds. The van der Waals surface area contributed by atoms with Gasteiger partial charge in [-0.3, -0.25) is 14.1 Å². The van der Waals surface area contributed by atoms with E-state index in [1.54, 1.807) is 24.3 Å². The maximum atomic E-state index is 13.9. The van der Waals surface area contributed by atoms with Crippen LogP contribution in [0.25, 0.3) is 16.7 Å². The van der Waals surface area contributed by atoms with Crippen LogP contribution in [0.5, 0.6) is 0 Å². The first-order valence-electron chi connectivity index (χ1n) is 15.3. The number of amides is 2. The van der Waals surface area contributed by atoms with Crippen LogP contribution in [-0.2, 0) is 21.3 Å². The van der Waals surface area contributed by atoms with Crippen LogP contribution >= 0.6 is 11.6 Å². The van der Waals surface area contributed by atoms with Gasteiger partial charge in [-0.25, -0.2) is 0 Å². The molecule has 5 rings (SSSR count). The van der Waals surface area contributed by atoms with Crippen molar-refractivity contribution in [1.29, 1.82) is 0 Å². The molecule has 0 unspecified atom stereocenters. The van der Waals surface area contributed by atoms with E-state index in [9.17, 15) is 18.0 Å². The number of allylic oxidation sites excluding steroid dienone is 2. The fourth-order valence-corrected chi connectivity index (χ4v) is 6.32. The molecular formula is C37H37ClN2O5S. The minimum Gasteiger partial charge on any atom is -0.351 e. The van der Waals surface area contributed by atoms with Gasteiger partial charge in [-0.15, -0.1) is 0 Å². The SMILES string of the molecule is Cc1cc(Cl)ccc1-c1ccc(NC(=O)[C@@H](Cc2ccc(C(=O)NCCS(=O)(=O)O)cc2)c2ccc(C3=CCCCC3)cc2)cc1. The first-order chi connectivity index (χ1) is 22.1. The summed E-state index contributed by atoms with van der Waals surface area (Å²) in [6, 6.07) is 28.6. The molecule has 0 aromatic heterocycles. The molecule has 4 aromatic rings. The predicted octanol–water partition coefficient (Wildman–Crippen LogP) is 7.86. The van der Waals surface area contributed by atoms with Gasteiger partial charge in [0, 0.05) is 22.8 Å². The highest BCUT2D eigenvalue weighted by atomic mass is 35.5. The average Bonchev–Trinajstić information content (AvgIpc) is 3.04. The van der Waals surface area contributed by atoms with Crippen molar-refractivity contribution in [2.75, 3.05) is 17.6 Å². The largest absolute Gasteiger partial charge is 0.351 e. The molecule has 0 saturated carbocycles. The van der Waals surface area contributed by atoms with Gasteiger partial charge in [0.2, 0.25) is 5.91 Å². The number of hydrogen-bond acceptors (Lipinski definition) is 4. The van der Waals surface area contributed by atoms with Crippen molar-refractivity contribution < 1.29 is 22.6 Å².